The van der Waals surface area contributed by atoms with Gasteiger partial charge in [0.2, 0.25) is 5.91 Å². The van der Waals surface area contributed by atoms with E-state index in [9.17, 15) is 4.79 Å². The number of nitrogens with one attached hydrogen (secondary N) is 1. The molecule has 0 unspecified atom stereocenters. The van der Waals surface area contributed by atoms with Crippen LogP contribution in [0.15, 0.2) is 23.1 Å². The number of benzene rings is 1. The van der Waals surface area contributed by atoms with Crippen molar-refractivity contribution in [3.63, 3.8) is 0 Å². The van der Waals surface area contributed by atoms with E-state index < -0.39 is 0 Å². The van der Waals surface area contributed by atoms with Gasteiger partial charge in [-0.1, -0.05) is 0 Å². The highest BCUT2D eigenvalue weighted by atomic mass is 32.2. The topological polar surface area (TPSA) is 47.6 Å². The second-order valence-corrected chi connectivity index (χ2v) is 6.93. The summed E-state index contributed by atoms with van der Waals surface area (Å²) in [5.74, 6) is 1.38. The first-order valence-electron chi connectivity index (χ1n) is 6.47. The molecule has 0 saturated carbocycles. The second kappa shape index (κ2) is 6.88. The van der Waals surface area contributed by atoms with Crippen molar-refractivity contribution in [3.8, 4) is 11.5 Å². The molecule has 0 spiro atoms. The van der Waals surface area contributed by atoms with Crippen molar-refractivity contribution in [2.75, 3.05) is 14.2 Å². The van der Waals surface area contributed by atoms with E-state index in [1.54, 1.807) is 14.2 Å². The minimum absolute atomic E-state index is 0.0253. The zero-order valence-electron chi connectivity index (χ0n) is 12.9. The normalized spacial score (nSPS) is 12.7. The summed E-state index contributed by atoms with van der Waals surface area (Å²) in [6.07, 6.45) is 0. The summed E-state index contributed by atoms with van der Waals surface area (Å²) >= 11 is 1.49. The molecule has 0 aromatic heterocycles. The van der Waals surface area contributed by atoms with E-state index in [2.05, 4.69) is 5.32 Å². The Morgan fingerprint density at radius 1 is 1.20 bits per heavy atom. The Hall–Kier alpha value is -1.36. The lowest BCUT2D eigenvalue weighted by Crippen LogP contribution is -2.44. The van der Waals surface area contributed by atoms with Gasteiger partial charge in [-0.3, -0.25) is 4.79 Å². The number of carbonyl (C=O) groups is 1. The van der Waals surface area contributed by atoms with Crippen molar-refractivity contribution in [2.45, 2.75) is 43.4 Å². The molecule has 1 rings (SSSR count). The zero-order valence-corrected chi connectivity index (χ0v) is 13.8. The predicted molar refractivity (Wildman–Crippen MR) is 82.8 cm³/mol. The Labute approximate surface area is 125 Å². The third-order valence-corrected chi connectivity index (χ3v) is 3.63. The first-order chi connectivity index (χ1) is 9.26. The number of methoxy groups -OCH3 is 2. The third-order valence-electron chi connectivity index (χ3n) is 2.54. The molecule has 1 N–H and O–H groups in total. The summed E-state index contributed by atoms with van der Waals surface area (Å²) in [6, 6.07) is 5.65. The lowest BCUT2D eigenvalue weighted by atomic mass is 10.1. The highest BCUT2D eigenvalue weighted by Crippen LogP contribution is 2.33. The Morgan fingerprint density at radius 3 is 2.30 bits per heavy atom. The van der Waals surface area contributed by atoms with Crippen LogP contribution in [0, 0.1) is 0 Å². The monoisotopic (exact) mass is 297 g/mol. The molecule has 0 aliphatic carbocycles. The fraction of sp³-hybridized carbons (Fsp3) is 0.533. The van der Waals surface area contributed by atoms with Gasteiger partial charge in [0, 0.05) is 10.4 Å². The highest BCUT2D eigenvalue weighted by molar-refractivity contribution is 8.00. The molecule has 20 heavy (non-hydrogen) atoms. The summed E-state index contributed by atoms with van der Waals surface area (Å²) in [5.41, 5.74) is -0.219. The Balaban J connectivity index is 2.75. The van der Waals surface area contributed by atoms with Crippen LogP contribution in [0.25, 0.3) is 0 Å². The molecule has 1 aromatic carbocycles. The number of rotatable bonds is 5. The van der Waals surface area contributed by atoms with Crippen molar-refractivity contribution in [3.05, 3.63) is 18.2 Å². The molecule has 112 valence electrons. The van der Waals surface area contributed by atoms with Crippen LogP contribution in [-0.4, -0.2) is 30.9 Å². The molecule has 0 radical (unpaired) electrons. The van der Waals surface area contributed by atoms with E-state index in [1.807, 2.05) is 45.9 Å². The van der Waals surface area contributed by atoms with Crippen molar-refractivity contribution in [2.24, 2.45) is 0 Å². The maximum Gasteiger partial charge on any atom is 0.233 e. The molecule has 0 heterocycles. The van der Waals surface area contributed by atoms with Gasteiger partial charge in [-0.15, -0.1) is 11.8 Å². The van der Waals surface area contributed by atoms with Gasteiger partial charge in [0.15, 0.2) is 11.5 Å². The van der Waals surface area contributed by atoms with Gasteiger partial charge in [-0.25, -0.2) is 0 Å². The van der Waals surface area contributed by atoms with Crippen LogP contribution < -0.4 is 14.8 Å². The van der Waals surface area contributed by atoms with Crippen LogP contribution in [-0.2, 0) is 4.79 Å². The summed E-state index contributed by atoms with van der Waals surface area (Å²) in [6.45, 7) is 7.80. The number of ether oxygens (including phenoxy) is 2. The zero-order chi connectivity index (χ0) is 15.3. The second-order valence-electron chi connectivity index (χ2n) is 5.52. The Bertz CT molecular complexity index is 469. The smallest absolute Gasteiger partial charge is 0.233 e. The number of thioether (sulfide) groups is 1. The largest absolute Gasteiger partial charge is 0.493 e. The molecule has 0 bridgehead atoms. The van der Waals surface area contributed by atoms with E-state index in [0.717, 1.165) is 4.90 Å². The van der Waals surface area contributed by atoms with E-state index in [-0.39, 0.29) is 16.7 Å². The van der Waals surface area contributed by atoms with Crippen LogP contribution in [0.1, 0.15) is 27.7 Å². The summed E-state index contributed by atoms with van der Waals surface area (Å²) < 4.78 is 10.5. The van der Waals surface area contributed by atoms with Crippen LogP contribution in [0.4, 0.5) is 0 Å². The lowest BCUT2D eigenvalue weighted by Gasteiger charge is -2.23. The maximum atomic E-state index is 12.1. The minimum atomic E-state index is -0.219. The number of hydrogen-bond acceptors (Lipinski definition) is 4. The number of amides is 1. The first-order valence-corrected chi connectivity index (χ1v) is 7.35. The standard InChI is InChI=1S/C15H23NO3S/c1-10(14(17)16-15(2,3)4)20-11-7-8-12(18-5)13(9-11)19-6/h7-10H,1-6H3,(H,16,17)/t10-/m1/s1. The van der Waals surface area contributed by atoms with Crippen molar-refractivity contribution >= 4 is 17.7 Å². The van der Waals surface area contributed by atoms with Gasteiger partial charge < -0.3 is 14.8 Å². The van der Waals surface area contributed by atoms with Gasteiger partial charge >= 0.3 is 0 Å². The number of hydrogen-bond donors (Lipinski definition) is 1. The van der Waals surface area contributed by atoms with Gasteiger partial charge in [0.1, 0.15) is 0 Å². The summed E-state index contributed by atoms with van der Waals surface area (Å²) in [4.78, 5) is 13.0. The predicted octanol–water partition coefficient (Wildman–Crippen LogP) is 3.10. The van der Waals surface area contributed by atoms with E-state index in [4.69, 9.17) is 9.47 Å². The molecule has 1 aromatic rings. The highest BCUT2D eigenvalue weighted by Gasteiger charge is 2.20. The quantitative estimate of drug-likeness (QED) is 0.848. The molecule has 0 saturated heterocycles. The van der Waals surface area contributed by atoms with Gasteiger partial charge in [-0.05, 0) is 45.9 Å². The number of carbonyl (C=O) groups excluding carboxylic acids is 1. The van der Waals surface area contributed by atoms with Crippen molar-refractivity contribution in [1.82, 2.24) is 5.32 Å². The van der Waals surface area contributed by atoms with Gasteiger partial charge in [0.25, 0.3) is 0 Å². The van der Waals surface area contributed by atoms with E-state index >= 15 is 0 Å². The summed E-state index contributed by atoms with van der Waals surface area (Å²) in [5, 5.41) is 2.80. The molecule has 0 fully saturated rings. The van der Waals surface area contributed by atoms with Gasteiger partial charge in [-0.2, -0.15) is 0 Å². The van der Waals surface area contributed by atoms with E-state index in [1.165, 1.54) is 11.8 Å². The summed E-state index contributed by atoms with van der Waals surface area (Å²) in [7, 11) is 3.20. The fourth-order valence-electron chi connectivity index (χ4n) is 1.62. The van der Waals surface area contributed by atoms with Crippen LogP contribution in [0.5, 0.6) is 11.5 Å². The average Bonchev–Trinajstić information content (AvgIpc) is 2.36. The van der Waals surface area contributed by atoms with Crippen molar-refractivity contribution < 1.29 is 14.3 Å². The molecule has 4 nitrogen and oxygen atoms in total. The molecule has 1 atom stereocenters. The van der Waals surface area contributed by atoms with E-state index in [0.29, 0.717) is 11.5 Å². The lowest BCUT2D eigenvalue weighted by molar-refractivity contribution is -0.121. The van der Waals surface area contributed by atoms with Crippen LogP contribution in [0.2, 0.25) is 0 Å². The molecule has 5 heteroatoms. The minimum Gasteiger partial charge on any atom is -0.493 e. The Kier molecular flexibility index (Phi) is 5.74. The Morgan fingerprint density at radius 2 is 1.80 bits per heavy atom. The fourth-order valence-corrected chi connectivity index (χ4v) is 2.51. The molecular weight excluding hydrogens is 274 g/mol. The van der Waals surface area contributed by atoms with Gasteiger partial charge in [0.05, 0.1) is 19.5 Å². The van der Waals surface area contributed by atoms with Crippen LogP contribution in [0.3, 0.4) is 0 Å². The first kappa shape index (κ1) is 16.7. The molecule has 1 amide bonds. The molecule has 0 aliphatic rings. The molecule has 0 aliphatic heterocycles. The van der Waals surface area contributed by atoms with Crippen molar-refractivity contribution in [1.29, 1.82) is 0 Å². The third kappa shape index (κ3) is 4.96. The average molecular weight is 297 g/mol. The maximum absolute atomic E-state index is 12.1. The molecular formula is C15H23NO3S. The van der Waals surface area contributed by atoms with Crippen LogP contribution >= 0.6 is 11.8 Å². The SMILES string of the molecule is COc1ccc(S[C@H](C)C(=O)NC(C)(C)C)cc1OC.